The minimum atomic E-state index is -1.11. The van der Waals surface area contributed by atoms with E-state index >= 15 is 0 Å². The summed E-state index contributed by atoms with van der Waals surface area (Å²) in [5.41, 5.74) is 2.34. The number of carbonyl (C=O) groups excluding carboxylic acids is 1. The molecule has 0 unspecified atom stereocenters. The molecule has 2 heterocycles. The fraction of sp³-hybridized carbons (Fsp3) is 0.348. The Morgan fingerprint density at radius 1 is 1.13 bits per heavy atom. The van der Waals surface area contributed by atoms with Crippen molar-refractivity contribution in [2.75, 3.05) is 6.61 Å². The molecule has 8 nitrogen and oxygen atoms in total. The van der Waals surface area contributed by atoms with Crippen LogP contribution in [-0.2, 0) is 0 Å². The van der Waals surface area contributed by atoms with Crippen molar-refractivity contribution in [1.82, 2.24) is 15.5 Å². The van der Waals surface area contributed by atoms with Crippen molar-refractivity contribution in [3.63, 3.8) is 0 Å². The Kier molecular flexibility index (Phi) is 6.01. The van der Waals surface area contributed by atoms with Crippen LogP contribution >= 0.6 is 0 Å². The zero-order valence-corrected chi connectivity index (χ0v) is 17.4. The number of amides is 1. The minimum absolute atomic E-state index is 0.183. The smallest absolute Gasteiger partial charge is 0.257 e. The Hall–Kier alpha value is -3.23. The molecule has 0 saturated heterocycles. The maximum Gasteiger partial charge on any atom is 0.257 e. The van der Waals surface area contributed by atoms with Crippen molar-refractivity contribution in [3.05, 3.63) is 65.5 Å². The van der Waals surface area contributed by atoms with Gasteiger partial charge in [0.2, 0.25) is 5.88 Å². The molecule has 1 aromatic carbocycles. The molecule has 4 atom stereocenters. The first-order valence-electron chi connectivity index (χ1n) is 10.2. The zero-order chi connectivity index (χ0) is 22.0. The second-order valence-corrected chi connectivity index (χ2v) is 7.81. The number of hydrogen-bond donors (Lipinski definition) is 3. The molecule has 2 aromatic heterocycles. The number of nitrogens with one attached hydrogen (secondary N) is 1. The lowest BCUT2D eigenvalue weighted by Gasteiger charge is -2.18. The fourth-order valence-electron chi connectivity index (χ4n) is 3.90. The van der Waals surface area contributed by atoms with Gasteiger partial charge in [-0.3, -0.25) is 4.79 Å². The largest absolute Gasteiger partial charge is 0.477 e. The summed E-state index contributed by atoms with van der Waals surface area (Å²) < 4.78 is 10.9. The summed E-state index contributed by atoms with van der Waals surface area (Å²) in [6.45, 7) is 3.71. The maximum atomic E-state index is 13.0. The third-order valence-corrected chi connectivity index (χ3v) is 5.56. The van der Waals surface area contributed by atoms with Gasteiger partial charge in [0.25, 0.3) is 5.91 Å². The molecule has 0 radical (unpaired) electrons. The number of hydrogen-bond acceptors (Lipinski definition) is 7. The first-order chi connectivity index (χ1) is 14.9. The van der Waals surface area contributed by atoms with Gasteiger partial charge in [-0.2, -0.15) is 0 Å². The lowest BCUT2D eigenvalue weighted by molar-refractivity contribution is 0.00217. The number of ether oxygens (including phenoxy) is 1. The van der Waals surface area contributed by atoms with Gasteiger partial charge in [0.05, 0.1) is 18.8 Å². The van der Waals surface area contributed by atoms with Gasteiger partial charge in [-0.1, -0.05) is 41.6 Å². The molecule has 8 heteroatoms. The summed E-state index contributed by atoms with van der Waals surface area (Å²) in [6.07, 6.45) is -1.76. The summed E-state index contributed by atoms with van der Waals surface area (Å²) in [4.78, 5) is 17.3. The molecule has 0 bridgehead atoms. The third kappa shape index (κ3) is 4.45. The van der Waals surface area contributed by atoms with E-state index in [1.54, 1.807) is 13.0 Å². The Morgan fingerprint density at radius 2 is 1.90 bits per heavy atom. The van der Waals surface area contributed by atoms with Gasteiger partial charge in [-0.15, -0.1) is 0 Å². The number of pyridine rings is 1. The molecule has 162 valence electrons. The van der Waals surface area contributed by atoms with Crippen LogP contribution in [0.25, 0.3) is 11.3 Å². The number of rotatable bonds is 6. The van der Waals surface area contributed by atoms with E-state index in [0.717, 1.165) is 11.3 Å². The third-order valence-electron chi connectivity index (χ3n) is 5.56. The van der Waals surface area contributed by atoms with Crippen LogP contribution in [-0.4, -0.2) is 51.1 Å². The van der Waals surface area contributed by atoms with E-state index in [1.807, 2.05) is 49.4 Å². The van der Waals surface area contributed by atoms with E-state index in [4.69, 9.17) is 9.26 Å². The lowest BCUT2D eigenvalue weighted by atomic mass is 10.0. The highest BCUT2D eigenvalue weighted by Crippen LogP contribution is 2.29. The van der Waals surface area contributed by atoms with E-state index in [9.17, 15) is 15.0 Å². The molecule has 1 aliphatic rings. The molecule has 1 saturated carbocycles. The van der Waals surface area contributed by atoms with E-state index in [1.165, 1.54) is 0 Å². The van der Waals surface area contributed by atoms with Gasteiger partial charge in [0.1, 0.15) is 23.1 Å². The Labute approximate surface area is 179 Å². The van der Waals surface area contributed by atoms with Gasteiger partial charge in [-0.05, 0) is 26.3 Å². The van der Waals surface area contributed by atoms with Crippen LogP contribution in [0.3, 0.4) is 0 Å². The molecule has 1 amide bonds. The number of aliphatic hydroxyl groups is 2. The van der Waals surface area contributed by atoms with Crippen LogP contribution in [0.4, 0.5) is 0 Å². The highest BCUT2D eigenvalue weighted by Gasteiger charge is 2.43. The van der Waals surface area contributed by atoms with Crippen molar-refractivity contribution in [2.24, 2.45) is 5.92 Å². The average Bonchev–Trinajstić information content (AvgIpc) is 3.28. The molecule has 1 aliphatic carbocycles. The van der Waals surface area contributed by atoms with Gasteiger partial charge in [0.15, 0.2) is 0 Å². The summed E-state index contributed by atoms with van der Waals surface area (Å²) in [5, 5.41) is 27.8. The second-order valence-electron chi connectivity index (χ2n) is 7.81. The first-order valence-corrected chi connectivity index (χ1v) is 10.2. The van der Waals surface area contributed by atoms with Crippen LogP contribution in [0.1, 0.15) is 28.2 Å². The van der Waals surface area contributed by atoms with Crippen molar-refractivity contribution in [2.45, 2.75) is 38.5 Å². The first kappa shape index (κ1) is 21.0. The summed E-state index contributed by atoms with van der Waals surface area (Å²) >= 11 is 0. The molecule has 0 spiro atoms. The Bertz CT molecular complexity index is 1050. The van der Waals surface area contributed by atoms with Crippen molar-refractivity contribution < 1.29 is 24.3 Å². The molecule has 3 aromatic rings. The highest BCUT2D eigenvalue weighted by atomic mass is 16.5. The topological polar surface area (TPSA) is 118 Å². The number of nitrogens with zero attached hydrogens (tertiary/aromatic N) is 2. The van der Waals surface area contributed by atoms with E-state index in [2.05, 4.69) is 15.5 Å². The SMILES string of the molecule is Cc1cccc(OC[C@H]2C[C@@H](NC(=O)c3c(-c4ccccc4)noc3C)[C@H](O)[C@@H]2O)n1. The lowest BCUT2D eigenvalue weighted by Crippen LogP contribution is -2.43. The van der Waals surface area contributed by atoms with Gasteiger partial charge in [0, 0.05) is 23.2 Å². The van der Waals surface area contributed by atoms with Gasteiger partial charge in [-0.25, -0.2) is 4.98 Å². The van der Waals surface area contributed by atoms with Crippen LogP contribution in [0, 0.1) is 19.8 Å². The quantitative estimate of drug-likeness (QED) is 0.557. The van der Waals surface area contributed by atoms with Crippen LogP contribution in [0.2, 0.25) is 0 Å². The standard InChI is InChI=1S/C23H25N3O5/c1-13-7-6-10-18(24-13)30-12-16-11-17(22(28)21(16)27)25-23(29)19-14(2)31-26-20(19)15-8-4-3-5-9-15/h3-10,16-17,21-22,27-28H,11-12H2,1-2H3,(H,25,29)/t16-,17-,21-,22+/m1/s1. The van der Waals surface area contributed by atoms with E-state index in [-0.39, 0.29) is 12.5 Å². The van der Waals surface area contributed by atoms with Gasteiger partial charge >= 0.3 is 0 Å². The Balaban J connectivity index is 1.44. The van der Waals surface area contributed by atoms with Crippen molar-refractivity contribution in [1.29, 1.82) is 0 Å². The maximum absolute atomic E-state index is 13.0. The molecule has 1 fully saturated rings. The number of aryl methyl sites for hydroxylation is 2. The van der Waals surface area contributed by atoms with Crippen molar-refractivity contribution in [3.8, 4) is 17.1 Å². The van der Waals surface area contributed by atoms with Crippen LogP contribution in [0.5, 0.6) is 5.88 Å². The summed E-state index contributed by atoms with van der Waals surface area (Å²) in [5.74, 6) is 0.0899. The second kappa shape index (κ2) is 8.87. The summed E-state index contributed by atoms with van der Waals surface area (Å²) in [6, 6.07) is 14.1. The van der Waals surface area contributed by atoms with Crippen LogP contribution in [0.15, 0.2) is 53.1 Å². The molecule has 4 rings (SSSR count). The normalized spacial score (nSPS) is 23.0. The number of aliphatic hydroxyl groups excluding tert-OH is 2. The highest BCUT2D eigenvalue weighted by molar-refractivity contribution is 6.01. The molecule has 3 N–H and O–H groups in total. The van der Waals surface area contributed by atoms with Crippen LogP contribution < -0.4 is 10.1 Å². The Morgan fingerprint density at radius 3 is 2.65 bits per heavy atom. The van der Waals surface area contributed by atoms with Gasteiger partial charge < -0.3 is 24.8 Å². The average molecular weight is 423 g/mol. The molecule has 0 aliphatic heterocycles. The predicted molar refractivity (Wildman–Crippen MR) is 113 cm³/mol. The number of benzene rings is 1. The number of aromatic nitrogens is 2. The van der Waals surface area contributed by atoms with E-state index < -0.39 is 24.2 Å². The summed E-state index contributed by atoms with van der Waals surface area (Å²) in [7, 11) is 0. The predicted octanol–water partition coefficient (Wildman–Crippen LogP) is 2.27. The molecular weight excluding hydrogens is 398 g/mol. The number of carbonyl (C=O) groups is 1. The zero-order valence-electron chi connectivity index (χ0n) is 17.4. The fourth-order valence-corrected chi connectivity index (χ4v) is 3.90. The monoisotopic (exact) mass is 423 g/mol. The minimum Gasteiger partial charge on any atom is -0.477 e. The molecule has 31 heavy (non-hydrogen) atoms. The molecular formula is C23H25N3O5. The van der Waals surface area contributed by atoms with E-state index in [0.29, 0.717) is 29.3 Å². The van der Waals surface area contributed by atoms with Crippen molar-refractivity contribution >= 4 is 5.91 Å².